The predicted octanol–water partition coefficient (Wildman–Crippen LogP) is -1.15. The summed E-state index contributed by atoms with van der Waals surface area (Å²) in [6.07, 6.45) is 4.08. The van der Waals surface area contributed by atoms with Crippen molar-refractivity contribution >= 4 is 17.9 Å². The van der Waals surface area contributed by atoms with Crippen LogP contribution in [0.1, 0.15) is 6.42 Å². The van der Waals surface area contributed by atoms with Crippen molar-refractivity contribution in [3.05, 3.63) is 18.5 Å². The summed E-state index contributed by atoms with van der Waals surface area (Å²) in [5.74, 6) is -1.98. The molecule has 0 saturated heterocycles. The van der Waals surface area contributed by atoms with Gasteiger partial charge in [0.2, 0.25) is 5.91 Å². The van der Waals surface area contributed by atoms with E-state index in [9.17, 15) is 14.4 Å². The van der Waals surface area contributed by atoms with Gasteiger partial charge in [-0.2, -0.15) is 5.10 Å². The van der Waals surface area contributed by atoms with E-state index < -0.39 is 31.0 Å². The molecule has 110 valence electrons. The molecule has 1 aromatic heterocycles. The fourth-order valence-corrected chi connectivity index (χ4v) is 1.53. The molecule has 9 heteroatoms. The van der Waals surface area contributed by atoms with E-state index >= 15 is 0 Å². The quantitative estimate of drug-likeness (QED) is 0.519. The summed E-state index contributed by atoms with van der Waals surface area (Å²) in [6, 6.07) is 1.16. The third-order valence-corrected chi connectivity index (χ3v) is 2.36. The van der Waals surface area contributed by atoms with Crippen molar-refractivity contribution in [3.63, 3.8) is 0 Å². The Kier molecular flexibility index (Phi) is 6.01. The second kappa shape index (κ2) is 7.77. The Bertz CT molecular complexity index is 443. The number of nitrogens with one attached hydrogen (secondary N) is 1. The molecule has 0 aliphatic heterocycles. The molecule has 0 fully saturated rings. The number of amides is 3. The Labute approximate surface area is 115 Å². The topological polar surface area (TPSA) is 131 Å². The molecule has 1 aromatic rings. The molecule has 3 amide bonds. The Morgan fingerprint density at radius 1 is 1.35 bits per heavy atom. The van der Waals surface area contributed by atoms with Gasteiger partial charge in [-0.05, 0) is 12.5 Å². The number of carbonyl (C=O) groups is 3. The van der Waals surface area contributed by atoms with Gasteiger partial charge in [-0.3, -0.25) is 14.3 Å². The van der Waals surface area contributed by atoms with Crippen molar-refractivity contribution in [3.8, 4) is 0 Å². The number of carboxylic acids is 1. The first-order chi connectivity index (χ1) is 9.49. The maximum absolute atomic E-state index is 11.7. The highest BCUT2D eigenvalue weighted by atomic mass is 16.4. The number of primary amides is 1. The summed E-state index contributed by atoms with van der Waals surface area (Å²) in [5.41, 5.74) is 4.96. The maximum Gasteiger partial charge on any atom is 0.323 e. The molecule has 1 rings (SSSR count). The van der Waals surface area contributed by atoms with E-state index in [1.54, 1.807) is 23.1 Å². The van der Waals surface area contributed by atoms with Gasteiger partial charge in [0.1, 0.15) is 13.1 Å². The van der Waals surface area contributed by atoms with Crippen LogP contribution in [-0.4, -0.2) is 57.3 Å². The van der Waals surface area contributed by atoms with Crippen LogP contribution in [0, 0.1) is 0 Å². The first-order valence-corrected chi connectivity index (χ1v) is 5.99. The van der Waals surface area contributed by atoms with Gasteiger partial charge in [-0.25, -0.2) is 4.79 Å². The second-order valence-electron chi connectivity index (χ2n) is 4.07. The zero-order chi connectivity index (χ0) is 15.0. The minimum atomic E-state index is -1.21. The van der Waals surface area contributed by atoms with E-state index in [-0.39, 0.29) is 0 Å². The molecule has 0 aromatic carbocycles. The molecule has 1 heterocycles. The fraction of sp³-hybridized carbons (Fsp3) is 0.455. The van der Waals surface area contributed by atoms with E-state index in [0.29, 0.717) is 19.5 Å². The Morgan fingerprint density at radius 3 is 2.65 bits per heavy atom. The van der Waals surface area contributed by atoms with Gasteiger partial charge < -0.3 is 21.1 Å². The molecule has 20 heavy (non-hydrogen) atoms. The number of aromatic nitrogens is 2. The smallest absolute Gasteiger partial charge is 0.323 e. The number of nitrogens with zero attached hydrogens (tertiary/aromatic N) is 3. The Morgan fingerprint density at radius 2 is 2.10 bits per heavy atom. The summed E-state index contributed by atoms with van der Waals surface area (Å²) in [4.78, 5) is 33.9. The van der Waals surface area contributed by atoms with Gasteiger partial charge in [-0.1, -0.05) is 0 Å². The number of nitrogens with two attached hydrogens (primary N) is 1. The first kappa shape index (κ1) is 15.5. The summed E-state index contributed by atoms with van der Waals surface area (Å²) in [6.45, 7) is -0.0409. The molecule has 0 radical (unpaired) electrons. The normalized spacial score (nSPS) is 10.0. The van der Waals surface area contributed by atoms with Crippen molar-refractivity contribution < 1.29 is 19.5 Å². The van der Waals surface area contributed by atoms with E-state index in [1.165, 1.54) is 0 Å². The Balaban J connectivity index is 2.33. The lowest BCUT2D eigenvalue weighted by molar-refractivity contribution is -0.137. The molecule has 0 aliphatic carbocycles. The molecule has 0 saturated carbocycles. The van der Waals surface area contributed by atoms with Gasteiger partial charge in [0, 0.05) is 25.5 Å². The van der Waals surface area contributed by atoms with Gasteiger partial charge in [0.15, 0.2) is 0 Å². The standard InChI is InChI=1S/C11H17N5O4/c12-9(17)7-15(8-10(18)19)11(20)13-3-1-5-16-6-2-4-14-16/h2,4,6H,1,3,5,7-8H2,(H2,12,17)(H,13,20)(H,18,19). The van der Waals surface area contributed by atoms with Gasteiger partial charge in [0.25, 0.3) is 0 Å². The lowest BCUT2D eigenvalue weighted by Gasteiger charge is -2.19. The highest BCUT2D eigenvalue weighted by molar-refractivity contribution is 5.85. The Hall–Kier alpha value is -2.58. The molecule has 0 bridgehead atoms. The monoisotopic (exact) mass is 283 g/mol. The third-order valence-electron chi connectivity index (χ3n) is 2.36. The largest absolute Gasteiger partial charge is 0.480 e. The number of hydrogen-bond acceptors (Lipinski definition) is 4. The summed E-state index contributed by atoms with van der Waals surface area (Å²) < 4.78 is 1.71. The lowest BCUT2D eigenvalue weighted by Crippen LogP contribution is -2.46. The summed E-state index contributed by atoms with van der Waals surface area (Å²) in [5, 5.41) is 15.2. The number of urea groups is 1. The summed E-state index contributed by atoms with van der Waals surface area (Å²) >= 11 is 0. The third kappa shape index (κ3) is 5.85. The number of aliphatic carboxylic acids is 1. The van der Waals surface area contributed by atoms with Crippen molar-refractivity contribution in [2.75, 3.05) is 19.6 Å². The van der Waals surface area contributed by atoms with Crippen LogP contribution in [0.15, 0.2) is 18.5 Å². The van der Waals surface area contributed by atoms with Crippen LogP contribution < -0.4 is 11.1 Å². The van der Waals surface area contributed by atoms with Crippen molar-refractivity contribution in [2.45, 2.75) is 13.0 Å². The predicted molar refractivity (Wildman–Crippen MR) is 68.6 cm³/mol. The molecule has 4 N–H and O–H groups in total. The van der Waals surface area contributed by atoms with Crippen LogP contribution in [0.3, 0.4) is 0 Å². The van der Waals surface area contributed by atoms with E-state index in [4.69, 9.17) is 10.8 Å². The molecule has 9 nitrogen and oxygen atoms in total. The average molecular weight is 283 g/mol. The number of carboxylic acid groups (broad SMARTS) is 1. The highest BCUT2D eigenvalue weighted by Crippen LogP contribution is 1.92. The molecule has 0 aliphatic rings. The first-order valence-electron chi connectivity index (χ1n) is 5.99. The second-order valence-corrected chi connectivity index (χ2v) is 4.07. The molecule has 0 spiro atoms. The SMILES string of the molecule is NC(=O)CN(CC(=O)O)C(=O)NCCCn1cccn1. The van der Waals surface area contributed by atoms with Crippen molar-refractivity contribution in [2.24, 2.45) is 5.73 Å². The number of carbonyl (C=O) groups excluding carboxylic acids is 2. The zero-order valence-electron chi connectivity index (χ0n) is 10.9. The zero-order valence-corrected chi connectivity index (χ0v) is 10.9. The molecular weight excluding hydrogens is 266 g/mol. The minimum Gasteiger partial charge on any atom is -0.480 e. The van der Waals surface area contributed by atoms with Crippen LogP contribution >= 0.6 is 0 Å². The van der Waals surface area contributed by atoms with Crippen LogP contribution in [0.5, 0.6) is 0 Å². The fourth-order valence-electron chi connectivity index (χ4n) is 1.53. The van der Waals surface area contributed by atoms with Crippen LogP contribution in [0.25, 0.3) is 0 Å². The van der Waals surface area contributed by atoms with E-state index in [0.717, 1.165) is 4.90 Å². The van der Waals surface area contributed by atoms with E-state index in [1.807, 2.05) is 0 Å². The number of aryl methyl sites for hydroxylation is 1. The number of hydrogen-bond donors (Lipinski definition) is 3. The maximum atomic E-state index is 11.7. The van der Waals surface area contributed by atoms with Crippen LogP contribution in [0.4, 0.5) is 4.79 Å². The average Bonchev–Trinajstić information content (AvgIpc) is 2.85. The highest BCUT2D eigenvalue weighted by Gasteiger charge is 2.18. The van der Waals surface area contributed by atoms with Crippen LogP contribution in [-0.2, 0) is 16.1 Å². The molecule has 0 atom stereocenters. The summed E-state index contributed by atoms with van der Waals surface area (Å²) in [7, 11) is 0. The lowest BCUT2D eigenvalue weighted by atomic mass is 10.4. The van der Waals surface area contributed by atoms with Crippen molar-refractivity contribution in [1.82, 2.24) is 20.0 Å². The van der Waals surface area contributed by atoms with Gasteiger partial charge in [-0.15, -0.1) is 0 Å². The van der Waals surface area contributed by atoms with Crippen molar-refractivity contribution in [1.29, 1.82) is 0 Å². The minimum absolute atomic E-state index is 0.341. The number of rotatable bonds is 8. The van der Waals surface area contributed by atoms with E-state index in [2.05, 4.69) is 10.4 Å². The molecule has 0 unspecified atom stereocenters. The molecular formula is C11H17N5O4. The van der Waals surface area contributed by atoms with Gasteiger partial charge >= 0.3 is 12.0 Å². The van der Waals surface area contributed by atoms with Gasteiger partial charge in [0.05, 0.1) is 0 Å². The van der Waals surface area contributed by atoms with Crippen LogP contribution in [0.2, 0.25) is 0 Å².